The maximum atomic E-state index is 13.8. The van der Waals surface area contributed by atoms with Crippen LogP contribution in [0, 0.1) is 39.2 Å². The number of amides is 1. The Kier molecular flexibility index (Phi) is 12.9. The molecule has 0 unspecified atom stereocenters. The molecule has 1 heterocycles. The van der Waals surface area contributed by atoms with E-state index >= 15 is 0 Å². The number of rotatable bonds is 19. The summed E-state index contributed by atoms with van der Waals surface area (Å²) in [6.07, 6.45) is 9.04. The zero-order chi connectivity index (χ0) is 32.7. The maximum Gasteiger partial charge on any atom is 0.481 e. The van der Waals surface area contributed by atoms with Gasteiger partial charge in [-0.1, -0.05) is 72.1 Å². The maximum absolute atomic E-state index is 13.8. The summed E-state index contributed by atoms with van der Waals surface area (Å²) in [6, 6.07) is 0. The molecule has 6 atom stereocenters. The normalized spacial score (nSPS) is 27.4. The van der Waals surface area contributed by atoms with Crippen LogP contribution < -0.4 is 16.5 Å². The quantitative estimate of drug-likeness (QED) is 0.0469. The first-order valence-corrected chi connectivity index (χ1v) is 18.5. The van der Waals surface area contributed by atoms with Gasteiger partial charge in [0, 0.05) is 6.54 Å². The van der Waals surface area contributed by atoms with Crippen LogP contribution in [0.15, 0.2) is 4.99 Å². The van der Waals surface area contributed by atoms with E-state index in [0.717, 1.165) is 44.9 Å². The van der Waals surface area contributed by atoms with Crippen molar-refractivity contribution in [3.05, 3.63) is 10.1 Å². The summed E-state index contributed by atoms with van der Waals surface area (Å²) in [6.45, 7) is 13.2. The fourth-order valence-corrected chi connectivity index (χ4v) is 9.31. The van der Waals surface area contributed by atoms with E-state index in [-0.39, 0.29) is 53.8 Å². The highest BCUT2D eigenvalue weighted by Gasteiger charge is 2.68. The van der Waals surface area contributed by atoms with E-state index in [4.69, 9.17) is 15.0 Å². The standard InChI is InChI=1S/C30H56BN5O7S/c1-7-8-9-10-11-12-16-44(40,41)20-22(14-13-15-33-28(32)35-36(38)39)27(37)34-26(17-21(2)3)31-42-25-19-23-18-24(29(23,4)5)30(25,6)43-31/h21-26H,7-20H2,1-6H3,(H,34,37)(H3,32,33,35)/t22-,23-,24-,25-,26+,30+/m1/s1. The fourth-order valence-electron chi connectivity index (χ4n) is 7.57. The average molecular weight is 642 g/mol. The molecule has 1 saturated heterocycles. The lowest BCUT2D eigenvalue weighted by Gasteiger charge is -2.64. The van der Waals surface area contributed by atoms with E-state index in [0.29, 0.717) is 31.1 Å². The largest absolute Gasteiger partial charge is 0.481 e. The van der Waals surface area contributed by atoms with Crippen LogP contribution in [0.5, 0.6) is 0 Å². The Bertz CT molecular complexity index is 1120. The number of nitrogens with one attached hydrogen (secondary N) is 2. The number of nitrogens with two attached hydrogens (primary N) is 1. The summed E-state index contributed by atoms with van der Waals surface area (Å²) in [4.78, 5) is 28.3. The Morgan fingerprint density at radius 1 is 1.14 bits per heavy atom. The third-order valence-electron chi connectivity index (χ3n) is 10.2. The minimum absolute atomic E-state index is 0.0274. The molecule has 4 fully saturated rings. The first-order chi connectivity index (χ1) is 20.6. The highest BCUT2D eigenvalue weighted by atomic mass is 32.2. The molecule has 4 aliphatic rings. The third-order valence-corrected chi connectivity index (χ3v) is 12.0. The molecule has 0 aromatic rings. The fraction of sp³-hybridized carbons (Fsp3) is 0.933. The number of aliphatic imine (C=N–C) groups is 1. The Balaban J connectivity index is 1.69. The smallest absolute Gasteiger partial charge is 0.404 e. The Labute approximate surface area is 264 Å². The molecule has 2 bridgehead atoms. The molecule has 0 aromatic heterocycles. The van der Waals surface area contributed by atoms with Gasteiger partial charge in [0.1, 0.15) is 0 Å². The van der Waals surface area contributed by atoms with Gasteiger partial charge in [-0.15, -0.1) is 0 Å². The number of nitrogens with zero attached hydrogens (tertiary/aromatic N) is 2. The second-order valence-corrected chi connectivity index (χ2v) is 16.7. The second-order valence-electron chi connectivity index (χ2n) is 14.4. The third kappa shape index (κ3) is 9.54. The van der Waals surface area contributed by atoms with Gasteiger partial charge >= 0.3 is 7.12 Å². The van der Waals surface area contributed by atoms with Gasteiger partial charge in [-0.05, 0) is 68.6 Å². The zero-order valence-electron chi connectivity index (χ0n) is 27.7. The molecule has 3 aliphatic carbocycles. The van der Waals surface area contributed by atoms with Crippen LogP contribution >= 0.6 is 0 Å². The number of hydrogen-bond acceptors (Lipinski definition) is 8. The molecule has 14 heteroatoms. The average Bonchev–Trinajstić information content (AvgIpc) is 3.28. The SMILES string of the molecule is CCCCCCCCS(=O)(=O)C[C@@H](CCCN=C(N)N[N+](=O)[O-])C(=O)N[C@@H](CC(C)C)B1O[C@@H]2C[C@H]3C[C@H](C3(C)C)[C@]2(C)O1. The Hall–Kier alpha value is -1.93. The number of carbonyl (C=O) groups excluding carboxylic acids is 1. The number of hydrazine groups is 1. The number of guanidine groups is 1. The molecule has 0 spiro atoms. The summed E-state index contributed by atoms with van der Waals surface area (Å²) >= 11 is 0. The molecule has 4 rings (SSSR count). The molecule has 1 amide bonds. The number of carbonyl (C=O) groups is 1. The van der Waals surface area contributed by atoms with Crippen LogP contribution in [0.4, 0.5) is 0 Å². The molecule has 1 aliphatic heterocycles. The summed E-state index contributed by atoms with van der Waals surface area (Å²) in [5, 5.41) is 12.9. The minimum atomic E-state index is -3.49. The summed E-state index contributed by atoms with van der Waals surface area (Å²) in [5.74, 6) is -0.902. The lowest BCUT2D eigenvalue weighted by molar-refractivity contribution is -0.525. The number of nitro groups is 1. The Morgan fingerprint density at radius 2 is 1.82 bits per heavy atom. The predicted molar refractivity (Wildman–Crippen MR) is 173 cm³/mol. The molecule has 4 N–H and O–H groups in total. The van der Waals surface area contributed by atoms with E-state index in [1.54, 1.807) is 5.43 Å². The van der Waals surface area contributed by atoms with Crippen molar-refractivity contribution >= 4 is 28.8 Å². The van der Waals surface area contributed by atoms with Crippen LogP contribution in [0.3, 0.4) is 0 Å². The lowest BCUT2D eigenvalue weighted by atomic mass is 9.43. The van der Waals surface area contributed by atoms with Crippen molar-refractivity contribution in [3.8, 4) is 0 Å². The van der Waals surface area contributed by atoms with Crippen molar-refractivity contribution in [2.45, 2.75) is 130 Å². The van der Waals surface area contributed by atoms with E-state index < -0.39 is 39.4 Å². The van der Waals surface area contributed by atoms with Crippen LogP contribution in [-0.4, -0.2) is 68.1 Å². The van der Waals surface area contributed by atoms with Crippen LogP contribution in [-0.2, 0) is 23.9 Å². The summed E-state index contributed by atoms with van der Waals surface area (Å²) in [7, 11) is -4.10. The first kappa shape index (κ1) is 36.5. The molecule has 44 heavy (non-hydrogen) atoms. The number of sulfone groups is 1. The summed E-state index contributed by atoms with van der Waals surface area (Å²) < 4.78 is 39.5. The van der Waals surface area contributed by atoms with Crippen LogP contribution in [0.25, 0.3) is 0 Å². The van der Waals surface area contributed by atoms with E-state index in [2.05, 4.69) is 51.9 Å². The van der Waals surface area contributed by atoms with Gasteiger partial charge in [-0.2, -0.15) is 0 Å². The van der Waals surface area contributed by atoms with Gasteiger partial charge in [-0.3, -0.25) is 4.79 Å². The molecule has 0 aromatic carbocycles. The second kappa shape index (κ2) is 15.6. The van der Waals surface area contributed by atoms with Gasteiger partial charge in [0.25, 0.3) is 5.96 Å². The van der Waals surface area contributed by atoms with E-state index in [1.807, 2.05) is 0 Å². The van der Waals surface area contributed by atoms with Crippen molar-refractivity contribution < 1.29 is 27.6 Å². The highest BCUT2D eigenvalue weighted by Crippen LogP contribution is 2.65. The Morgan fingerprint density at radius 3 is 2.45 bits per heavy atom. The minimum Gasteiger partial charge on any atom is -0.404 e. The predicted octanol–water partition coefficient (Wildman–Crippen LogP) is 4.05. The number of hydrogen-bond donors (Lipinski definition) is 3. The van der Waals surface area contributed by atoms with Crippen molar-refractivity contribution in [3.63, 3.8) is 0 Å². The van der Waals surface area contributed by atoms with Gasteiger partial charge in [0.2, 0.25) is 5.91 Å². The van der Waals surface area contributed by atoms with Crippen LogP contribution in [0.1, 0.15) is 112 Å². The molecule has 3 saturated carbocycles. The molecular weight excluding hydrogens is 585 g/mol. The van der Waals surface area contributed by atoms with Gasteiger partial charge in [0.15, 0.2) is 14.9 Å². The van der Waals surface area contributed by atoms with E-state index in [1.165, 1.54) is 0 Å². The highest BCUT2D eigenvalue weighted by molar-refractivity contribution is 7.91. The molecule has 0 radical (unpaired) electrons. The van der Waals surface area contributed by atoms with Gasteiger partial charge < -0.3 is 20.4 Å². The lowest BCUT2D eigenvalue weighted by Crippen LogP contribution is -2.65. The van der Waals surface area contributed by atoms with Gasteiger partial charge in [-0.25, -0.2) is 23.5 Å². The van der Waals surface area contributed by atoms with Crippen molar-refractivity contribution in [1.29, 1.82) is 0 Å². The van der Waals surface area contributed by atoms with Crippen molar-refractivity contribution in [2.24, 2.45) is 39.8 Å². The van der Waals surface area contributed by atoms with Crippen molar-refractivity contribution in [2.75, 3.05) is 18.1 Å². The number of unbranched alkanes of at least 4 members (excludes halogenated alkanes) is 5. The summed E-state index contributed by atoms with van der Waals surface area (Å²) in [5.41, 5.74) is 7.08. The molecule has 252 valence electrons. The van der Waals surface area contributed by atoms with Crippen LogP contribution in [0.2, 0.25) is 0 Å². The zero-order valence-corrected chi connectivity index (χ0v) is 28.5. The van der Waals surface area contributed by atoms with Crippen molar-refractivity contribution in [1.82, 2.24) is 10.7 Å². The monoisotopic (exact) mass is 641 g/mol. The van der Waals surface area contributed by atoms with E-state index in [9.17, 15) is 23.3 Å². The van der Waals surface area contributed by atoms with Gasteiger partial charge in [0.05, 0.1) is 35.1 Å². The topological polar surface area (TPSA) is 175 Å². The molecule has 12 nitrogen and oxygen atoms in total. The molecular formula is C30H56BN5O7S. The first-order valence-electron chi connectivity index (χ1n) is 16.6.